The third-order valence-corrected chi connectivity index (χ3v) is 7.57. The van der Waals surface area contributed by atoms with Crippen LogP contribution in [0.5, 0.6) is 0 Å². The van der Waals surface area contributed by atoms with Crippen LogP contribution >= 0.6 is 11.3 Å². The van der Waals surface area contributed by atoms with Crippen LogP contribution in [0.3, 0.4) is 0 Å². The molecule has 1 saturated heterocycles. The molecule has 0 unspecified atom stereocenters. The second-order valence-corrected chi connectivity index (χ2v) is 9.86. The van der Waals surface area contributed by atoms with Gasteiger partial charge in [0.1, 0.15) is 12.0 Å². The minimum absolute atomic E-state index is 0.130. The molecule has 3 heterocycles. The van der Waals surface area contributed by atoms with Crippen molar-refractivity contribution in [1.82, 2.24) is 24.7 Å². The van der Waals surface area contributed by atoms with E-state index in [-0.39, 0.29) is 5.75 Å². The van der Waals surface area contributed by atoms with Crippen molar-refractivity contribution in [2.75, 3.05) is 39.8 Å². The number of guanidine groups is 1. The SMILES string of the molecule is CN=C(NCCCCc1nc(C)cs1)N1CCN(S(=O)(=O)Cc2ccon2)CC1. The van der Waals surface area contributed by atoms with Crippen molar-refractivity contribution in [2.45, 2.75) is 31.9 Å². The summed E-state index contributed by atoms with van der Waals surface area (Å²) in [6.45, 7) is 4.94. The molecule has 0 aliphatic carbocycles. The molecule has 1 aliphatic heterocycles. The largest absolute Gasteiger partial charge is 0.364 e. The first-order chi connectivity index (χ1) is 14.0. The second-order valence-electron chi connectivity index (χ2n) is 6.95. The van der Waals surface area contributed by atoms with Crippen molar-refractivity contribution in [1.29, 1.82) is 0 Å². The minimum Gasteiger partial charge on any atom is -0.364 e. The van der Waals surface area contributed by atoms with Gasteiger partial charge in [-0.3, -0.25) is 4.99 Å². The van der Waals surface area contributed by atoms with Crippen LogP contribution in [0.1, 0.15) is 29.2 Å². The van der Waals surface area contributed by atoms with Crippen molar-refractivity contribution < 1.29 is 12.9 Å². The maximum absolute atomic E-state index is 12.5. The van der Waals surface area contributed by atoms with E-state index >= 15 is 0 Å². The summed E-state index contributed by atoms with van der Waals surface area (Å²) in [5.74, 6) is 0.693. The fourth-order valence-corrected chi connectivity index (χ4v) is 5.46. The first-order valence-electron chi connectivity index (χ1n) is 9.71. The fourth-order valence-electron chi connectivity index (χ4n) is 3.22. The average Bonchev–Trinajstić information content (AvgIpc) is 3.36. The van der Waals surface area contributed by atoms with Gasteiger partial charge in [-0.15, -0.1) is 11.3 Å². The Morgan fingerprint density at radius 2 is 2.10 bits per heavy atom. The summed E-state index contributed by atoms with van der Waals surface area (Å²) in [6.07, 6.45) is 4.49. The Kier molecular flexibility index (Phi) is 7.62. The van der Waals surface area contributed by atoms with Crippen molar-refractivity contribution >= 4 is 27.3 Å². The predicted octanol–water partition coefficient (Wildman–Crippen LogP) is 1.49. The molecule has 1 fully saturated rings. The van der Waals surface area contributed by atoms with Gasteiger partial charge in [-0.1, -0.05) is 5.16 Å². The summed E-state index contributed by atoms with van der Waals surface area (Å²) in [5, 5.41) is 10.4. The quantitative estimate of drug-likeness (QED) is 0.377. The van der Waals surface area contributed by atoms with E-state index in [4.69, 9.17) is 4.52 Å². The van der Waals surface area contributed by atoms with Crippen molar-refractivity contribution in [3.05, 3.63) is 34.1 Å². The first-order valence-corrected chi connectivity index (χ1v) is 12.2. The fraction of sp³-hybridized carbons (Fsp3) is 0.611. The topological polar surface area (TPSA) is 104 Å². The lowest BCUT2D eigenvalue weighted by atomic mass is 10.2. The Hall–Kier alpha value is -1.98. The Morgan fingerprint density at radius 1 is 1.31 bits per heavy atom. The number of aromatic nitrogens is 2. The van der Waals surface area contributed by atoms with Gasteiger partial charge in [0.15, 0.2) is 5.96 Å². The maximum atomic E-state index is 12.5. The van der Waals surface area contributed by atoms with Gasteiger partial charge in [0.05, 0.1) is 10.7 Å². The number of nitrogens with one attached hydrogen (secondary N) is 1. The second kappa shape index (κ2) is 10.2. The van der Waals surface area contributed by atoms with Gasteiger partial charge in [-0.25, -0.2) is 13.4 Å². The van der Waals surface area contributed by atoms with Crippen LogP contribution in [0.4, 0.5) is 0 Å². The molecule has 160 valence electrons. The van der Waals surface area contributed by atoms with Crippen LogP contribution in [-0.2, 0) is 22.2 Å². The van der Waals surface area contributed by atoms with Crippen molar-refractivity contribution in [2.24, 2.45) is 4.99 Å². The van der Waals surface area contributed by atoms with Gasteiger partial charge >= 0.3 is 0 Å². The van der Waals surface area contributed by atoms with E-state index in [0.717, 1.165) is 37.5 Å². The molecule has 11 heteroatoms. The number of thiazole rings is 1. The monoisotopic (exact) mass is 440 g/mol. The molecule has 0 amide bonds. The lowest BCUT2D eigenvalue weighted by Crippen LogP contribution is -2.54. The van der Waals surface area contributed by atoms with Crippen LogP contribution in [0.25, 0.3) is 0 Å². The molecule has 1 aliphatic rings. The van der Waals surface area contributed by atoms with Crippen LogP contribution in [-0.4, -0.2) is 73.5 Å². The van der Waals surface area contributed by atoms with Gasteiger partial charge in [0.25, 0.3) is 0 Å². The Bertz CT molecular complexity index is 887. The molecule has 0 spiro atoms. The molecule has 0 radical (unpaired) electrons. The smallest absolute Gasteiger partial charge is 0.220 e. The molecular weight excluding hydrogens is 412 g/mol. The third kappa shape index (κ3) is 6.25. The van der Waals surface area contributed by atoms with Gasteiger partial charge < -0.3 is 14.7 Å². The van der Waals surface area contributed by atoms with Gasteiger partial charge in [0.2, 0.25) is 10.0 Å². The average molecular weight is 441 g/mol. The van der Waals surface area contributed by atoms with Gasteiger partial charge in [0, 0.05) is 56.9 Å². The molecule has 0 atom stereocenters. The Balaban J connectivity index is 1.39. The summed E-state index contributed by atoms with van der Waals surface area (Å²) in [4.78, 5) is 10.9. The number of nitrogens with zero attached hydrogens (tertiary/aromatic N) is 5. The highest BCUT2D eigenvalue weighted by molar-refractivity contribution is 7.88. The molecule has 0 bridgehead atoms. The van der Waals surface area contributed by atoms with Crippen LogP contribution in [0, 0.1) is 6.92 Å². The van der Waals surface area contributed by atoms with Crippen LogP contribution in [0.2, 0.25) is 0 Å². The molecular formula is C18H28N6O3S2. The number of unbranched alkanes of at least 4 members (excludes halogenated alkanes) is 1. The molecule has 1 N–H and O–H groups in total. The van der Waals surface area contributed by atoms with E-state index in [1.165, 1.54) is 15.6 Å². The standard InChI is InChI=1S/C18H28N6O3S2/c1-15-13-28-17(21-15)5-3-4-7-20-18(19-2)23-8-10-24(11-9-23)29(25,26)14-16-6-12-27-22-16/h6,12-13H,3-5,7-11,14H2,1-2H3,(H,19,20). The number of hydrogen-bond donors (Lipinski definition) is 1. The van der Waals surface area contributed by atoms with E-state index < -0.39 is 10.0 Å². The molecule has 2 aromatic rings. The number of rotatable bonds is 8. The highest BCUT2D eigenvalue weighted by atomic mass is 32.2. The van der Waals surface area contributed by atoms with Crippen molar-refractivity contribution in [3.63, 3.8) is 0 Å². The highest BCUT2D eigenvalue weighted by Gasteiger charge is 2.28. The maximum Gasteiger partial charge on any atom is 0.220 e. The molecule has 0 saturated carbocycles. The number of hydrogen-bond acceptors (Lipinski definition) is 7. The number of aliphatic imine (C=N–C) groups is 1. The summed E-state index contributed by atoms with van der Waals surface area (Å²) < 4.78 is 31.3. The molecule has 3 rings (SSSR count). The lowest BCUT2D eigenvalue weighted by Gasteiger charge is -2.35. The van der Waals surface area contributed by atoms with Crippen molar-refractivity contribution in [3.8, 4) is 0 Å². The van der Waals surface area contributed by atoms with Gasteiger partial charge in [-0.2, -0.15) is 4.31 Å². The zero-order valence-corrected chi connectivity index (χ0v) is 18.5. The number of aryl methyl sites for hydroxylation is 2. The first kappa shape index (κ1) is 21.7. The van der Waals surface area contributed by atoms with E-state index in [1.54, 1.807) is 24.5 Å². The van der Waals surface area contributed by atoms with Crippen LogP contribution in [0.15, 0.2) is 27.2 Å². The van der Waals surface area contributed by atoms with Crippen LogP contribution < -0.4 is 5.32 Å². The Labute approximate surface area is 175 Å². The predicted molar refractivity (Wildman–Crippen MR) is 113 cm³/mol. The molecule has 9 nitrogen and oxygen atoms in total. The minimum atomic E-state index is -3.39. The normalized spacial score (nSPS) is 16.3. The van der Waals surface area contributed by atoms with E-state index in [1.807, 2.05) is 6.92 Å². The third-order valence-electron chi connectivity index (χ3n) is 4.73. The van der Waals surface area contributed by atoms with E-state index in [0.29, 0.717) is 31.9 Å². The van der Waals surface area contributed by atoms with E-state index in [2.05, 4.69) is 30.7 Å². The summed E-state index contributed by atoms with van der Waals surface area (Å²) in [5.41, 5.74) is 1.52. The summed E-state index contributed by atoms with van der Waals surface area (Å²) in [6, 6.07) is 1.58. The zero-order valence-electron chi connectivity index (χ0n) is 16.9. The zero-order chi connectivity index (χ0) is 20.7. The lowest BCUT2D eigenvalue weighted by molar-refractivity contribution is 0.260. The summed E-state index contributed by atoms with van der Waals surface area (Å²) in [7, 11) is -1.63. The number of sulfonamides is 1. The molecule has 2 aromatic heterocycles. The molecule has 0 aromatic carbocycles. The summed E-state index contributed by atoms with van der Waals surface area (Å²) >= 11 is 1.72. The highest BCUT2D eigenvalue weighted by Crippen LogP contribution is 2.13. The van der Waals surface area contributed by atoms with E-state index in [9.17, 15) is 8.42 Å². The van der Waals surface area contributed by atoms with Gasteiger partial charge in [-0.05, 0) is 26.2 Å². The Morgan fingerprint density at radius 3 is 2.72 bits per heavy atom. The molecule has 29 heavy (non-hydrogen) atoms. The number of piperazine rings is 1.